The number of benzene rings is 1. The minimum atomic E-state index is -0.712. The third-order valence-corrected chi connectivity index (χ3v) is 4.91. The van der Waals surface area contributed by atoms with Crippen molar-refractivity contribution in [2.45, 2.75) is 20.0 Å². The maximum Gasteiger partial charge on any atom is 0.397 e. The number of aryl methyl sites for hydroxylation is 1. The summed E-state index contributed by atoms with van der Waals surface area (Å²) in [5.41, 5.74) is 0.660. The van der Waals surface area contributed by atoms with Crippen LogP contribution < -0.4 is 14.8 Å². The van der Waals surface area contributed by atoms with Crippen LogP contribution in [0.3, 0.4) is 0 Å². The van der Waals surface area contributed by atoms with Crippen molar-refractivity contribution in [1.82, 2.24) is 24.9 Å². The maximum atomic E-state index is 12.9. The van der Waals surface area contributed by atoms with Gasteiger partial charge >= 0.3 is 11.9 Å². The molecule has 13 heteroatoms. The Labute approximate surface area is 217 Å². The summed E-state index contributed by atoms with van der Waals surface area (Å²) in [5.74, 6) is 0.304. The lowest BCUT2D eigenvalue weighted by molar-refractivity contribution is 0.0470. The van der Waals surface area contributed by atoms with Gasteiger partial charge in [0.1, 0.15) is 29.0 Å². The second kappa shape index (κ2) is 12.0. The first-order valence-electron chi connectivity index (χ1n) is 11.6. The Morgan fingerprint density at radius 3 is 2.63 bits per heavy atom. The lowest BCUT2D eigenvalue weighted by Crippen LogP contribution is -2.18. The molecule has 1 atom stereocenters. The molecular weight excluding hydrogens is 496 g/mol. The molecule has 0 bridgehead atoms. The van der Waals surface area contributed by atoms with Crippen LogP contribution in [-0.2, 0) is 16.5 Å². The number of esters is 1. The van der Waals surface area contributed by atoms with Crippen molar-refractivity contribution >= 4 is 17.7 Å². The SMILES string of the molecule is CCOC(=O)c1nc(-c2ccc(Oc3cc(O[C@@H](C)COC)cc(C(=O)Nc4ccn(C)n4)c3)cn2)no1. The van der Waals surface area contributed by atoms with Gasteiger partial charge in [0.15, 0.2) is 5.82 Å². The molecule has 0 spiro atoms. The molecular formula is C25H26N6O7. The number of nitrogens with zero attached hydrogens (tertiary/aromatic N) is 5. The van der Waals surface area contributed by atoms with Crippen LogP contribution in [-0.4, -0.2) is 63.2 Å². The smallest absolute Gasteiger partial charge is 0.397 e. The molecule has 38 heavy (non-hydrogen) atoms. The Hall–Kier alpha value is -4.78. The number of anilines is 1. The predicted molar refractivity (Wildman–Crippen MR) is 133 cm³/mol. The highest BCUT2D eigenvalue weighted by molar-refractivity contribution is 6.04. The van der Waals surface area contributed by atoms with Crippen LogP contribution >= 0.6 is 0 Å². The van der Waals surface area contributed by atoms with Gasteiger partial charge in [0.05, 0.1) is 19.4 Å². The van der Waals surface area contributed by atoms with Crippen molar-refractivity contribution in [3.8, 4) is 28.8 Å². The van der Waals surface area contributed by atoms with E-state index in [2.05, 4.69) is 25.5 Å². The van der Waals surface area contributed by atoms with Gasteiger partial charge < -0.3 is 28.8 Å². The molecule has 4 rings (SSSR count). The number of aromatic nitrogens is 5. The van der Waals surface area contributed by atoms with E-state index in [1.807, 2.05) is 6.92 Å². The summed E-state index contributed by atoms with van der Waals surface area (Å²) in [6.07, 6.45) is 2.90. The van der Waals surface area contributed by atoms with E-state index in [9.17, 15) is 9.59 Å². The van der Waals surface area contributed by atoms with Gasteiger partial charge in [0, 0.05) is 38.1 Å². The van der Waals surface area contributed by atoms with Crippen LogP contribution in [0.1, 0.15) is 34.9 Å². The van der Waals surface area contributed by atoms with Gasteiger partial charge in [-0.15, -0.1) is 0 Å². The highest BCUT2D eigenvalue weighted by Crippen LogP contribution is 2.29. The molecule has 0 saturated heterocycles. The van der Waals surface area contributed by atoms with E-state index >= 15 is 0 Å². The van der Waals surface area contributed by atoms with E-state index in [0.717, 1.165) is 0 Å². The second-order valence-corrected chi connectivity index (χ2v) is 8.03. The van der Waals surface area contributed by atoms with Crippen molar-refractivity contribution < 1.29 is 33.1 Å². The molecule has 13 nitrogen and oxygen atoms in total. The second-order valence-electron chi connectivity index (χ2n) is 8.03. The van der Waals surface area contributed by atoms with Gasteiger partial charge in [-0.05, 0) is 38.1 Å². The maximum absolute atomic E-state index is 12.9. The normalized spacial score (nSPS) is 11.6. The largest absolute Gasteiger partial charge is 0.488 e. The zero-order valence-electron chi connectivity index (χ0n) is 21.2. The fourth-order valence-electron chi connectivity index (χ4n) is 3.31. The summed E-state index contributed by atoms with van der Waals surface area (Å²) in [7, 11) is 3.33. The molecule has 0 radical (unpaired) electrons. The number of methoxy groups -OCH3 is 1. The first kappa shape index (κ1) is 26.3. The summed E-state index contributed by atoms with van der Waals surface area (Å²) >= 11 is 0. The lowest BCUT2D eigenvalue weighted by Gasteiger charge is -2.16. The number of carbonyl (C=O) groups is 2. The Morgan fingerprint density at radius 2 is 1.95 bits per heavy atom. The summed E-state index contributed by atoms with van der Waals surface area (Å²) in [5, 5.41) is 10.7. The fourth-order valence-corrected chi connectivity index (χ4v) is 3.31. The van der Waals surface area contributed by atoms with E-state index in [1.54, 1.807) is 68.4 Å². The highest BCUT2D eigenvalue weighted by atomic mass is 16.6. The summed E-state index contributed by atoms with van der Waals surface area (Å²) < 4.78 is 28.4. The van der Waals surface area contributed by atoms with E-state index in [0.29, 0.717) is 40.9 Å². The van der Waals surface area contributed by atoms with Crippen molar-refractivity contribution in [1.29, 1.82) is 0 Å². The van der Waals surface area contributed by atoms with Crippen LogP contribution in [0.4, 0.5) is 5.82 Å². The summed E-state index contributed by atoms with van der Waals surface area (Å²) in [4.78, 5) is 32.9. The average Bonchev–Trinajstić information content (AvgIpc) is 3.54. The number of nitrogens with one attached hydrogen (secondary N) is 1. The van der Waals surface area contributed by atoms with Gasteiger partial charge in [-0.1, -0.05) is 5.16 Å². The van der Waals surface area contributed by atoms with Crippen molar-refractivity contribution in [3.05, 3.63) is 60.2 Å². The molecule has 1 aromatic carbocycles. The van der Waals surface area contributed by atoms with E-state index in [-0.39, 0.29) is 30.3 Å². The minimum Gasteiger partial charge on any atom is -0.488 e. The molecule has 3 aromatic heterocycles. The van der Waals surface area contributed by atoms with Crippen molar-refractivity contribution in [3.63, 3.8) is 0 Å². The number of pyridine rings is 1. The Morgan fingerprint density at radius 1 is 1.13 bits per heavy atom. The van der Waals surface area contributed by atoms with E-state index in [1.165, 1.54) is 6.20 Å². The van der Waals surface area contributed by atoms with Crippen LogP contribution in [0.25, 0.3) is 11.5 Å². The van der Waals surface area contributed by atoms with Crippen molar-refractivity contribution in [2.75, 3.05) is 25.6 Å². The molecule has 0 aliphatic rings. The Bertz CT molecular complexity index is 1400. The van der Waals surface area contributed by atoms with Crippen molar-refractivity contribution in [2.24, 2.45) is 7.05 Å². The molecule has 0 saturated carbocycles. The van der Waals surface area contributed by atoms with Crippen LogP contribution in [0.2, 0.25) is 0 Å². The number of hydrogen-bond donors (Lipinski definition) is 1. The molecule has 198 valence electrons. The third-order valence-electron chi connectivity index (χ3n) is 4.91. The van der Waals surface area contributed by atoms with Gasteiger partial charge in [0.25, 0.3) is 5.91 Å². The molecule has 0 aliphatic carbocycles. The van der Waals surface area contributed by atoms with E-state index < -0.39 is 5.97 Å². The molecule has 0 aliphatic heterocycles. The standard InChI is InChI=1S/C25H26N6O7/c1-5-35-25(33)24-28-22(30-38-24)20-7-6-17(13-26-20)37-19-11-16(10-18(12-19)36-15(2)14-34-4)23(32)27-21-8-9-31(3)29-21/h6-13,15H,5,14H2,1-4H3,(H,27,29,32)/t15-/m0/s1. The predicted octanol–water partition coefficient (Wildman–Crippen LogP) is 3.50. The first-order chi connectivity index (χ1) is 18.3. The highest BCUT2D eigenvalue weighted by Gasteiger charge is 2.18. The Balaban J connectivity index is 1.53. The van der Waals surface area contributed by atoms with Crippen LogP contribution in [0.15, 0.2) is 53.3 Å². The lowest BCUT2D eigenvalue weighted by atomic mass is 10.2. The molecule has 3 heterocycles. The molecule has 1 amide bonds. The number of rotatable bonds is 11. The van der Waals surface area contributed by atoms with Crippen LogP contribution in [0.5, 0.6) is 17.2 Å². The van der Waals surface area contributed by atoms with Gasteiger partial charge in [0.2, 0.25) is 5.82 Å². The first-order valence-corrected chi connectivity index (χ1v) is 11.6. The van der Waals surface area contributed by atoms with Gasteiger partial charge in [-0.25, -0.2) is 9.78 Å². The summed E-state index contributed by atoms with van der Waals surface area (Å²) in [6, 6.07) is 9.76. The molecule has 0 fully saturated rings. The average molecular weight is 523 g/mol. The topological polar surface area (TPSA) is 153 Å². The third kappa shape index (κ3) is 6.70. The number of carbonyl (C=O) groups excluding carboxylic acids is 2. The van der Waals surface area contributed by atoms with E-state index in [4.69, 9.17) is 23.5 Å². The zero-order chi connectivity index (χ0) is 27.1. The number of hydrogen-bond acceptors (Lipinski definition) is 11. The monoisotopic (exact) mass is 522 g/mol. The molecule has 1 N–H and O–H groups in total. The number of amides is 1. The molecule has 4 aromatic rings. The zero-order valence-corrected chi connectivity index (χ0v) is 21.2. The minimum absolute atomic E-state index is 0.121. The van der Waals surface area contributed by atoms with Crippen LogP contribution in [0, 0.1) is 0 Å². The van der Waals surface area contributed by atoms with Gasteiger partial charge in [-0.2, -0.15) is 10.1 Å². The quantitative estimate of drug-likeness (QED) is 0.288. The fraction of sp³-hybridized carbons (Fsp3) is 0.280. The summed E-state index contributed by atoms with van der Waals surface area (Å²) in [6.45, 7) is 4.07. The van der Waals surface area contributed by atoms with Gasteiger partial charge in [-0.3, -0.25) is 9.48 Å². The Kier molecular flexibility index (Phi) is 8.28. The number of ether oxygens (including phenoxy) is 4. The molecule has 0 unspecified atom stereocenters.